The van der Waals surface area contributed by atoms with Crippen molar-refractivity contribution in [2.75, 3.05) is 7.05 Å². The molecule has 74 valence electrons. The van der Waals surface area contributed by atoms with E-state index in [1.54, 1.807) is 5.57 Å². The molecule has 0 aromatic carbocycles. The van der Waals surface area contributed by atoms with Crippen LogP contribution >= 0.6 is 0 Å². The molecule has 1 heteroatoms. The Balaban J connectivity index is 2.95. The number of rotatable bonds is 0. The van der Waals surface area contributed by atoms with Gasteiger partial charge in [0.2, 0.25) is 0 Å². The average molecular weight is 179 g/mol. The van der Waals surface area contributed by atoms with Crippen LogP contribution in [0.3, 0.4) is 0 Å². The monoisotopic (exact) mass is 179 g/mol. The van der Waals surface area contributed by atoms with Crippen LogP contribution in [0.25, 0.3) is 0 Å². The van der Waals surface area contributed by atoms with Crippen LogP contribution in [0.1, 0.15) is 34.1 Å². The van der Waals surface area contributed by atoms with E-state index in [4.69, 9.17) is 0 Å². The molecule has 0 fully saturated rings. The highest BCUT2D eigenvalue weighted by Crippen LogP contribution is 2.24. The largest absolute Gasteiger partial charge is 0.374 e. The SMILES string of the molecule is CC1=C(C)C(C)N(C)C=CCC1C. The maximum atomic E-state index is 2.31. The van der Waals surface area contributed by atoms with Crippen molar-refractivity contribution in [3.8, 4) is 0 Å². The van der Waals surface area contributed by atoms with Gasteiger partial charge in [-0.2, -0.15) is 0 Å². The molecule has 0 bridgehead atoms. The van der Waals surface area contributed by atoms with E-state index in [0.29, 0.717) is 12.0 Å². The molecule has 0 saturated carbocycles. The van der Waals surface area contributed by atoms with Crippen LogP contribution in [-0.4, -0.2) is 18.0 Å². The van der Waals surface area contributed by atoms with E-state index in [1.807, 2.05) is 0 Å². The lowest BCUT2D eigenvalue weighted by molar-refractivity contribution is 0.380. The van der Waals surface area contributed by atoms with Gasteiger partial charge in [0.25, 0.3) is 0 Å². The third-order valence-electron chi connectivity index (χ3n) is 3.43. The van der Waals surface area contributed by atoms with Crippen molar-refractivity contribution in [2.45, 2.75) is 40.2 Å². The van der Waals surface area contributed by atoms with Gasteiger partial charge in [-0.25, -0.2) is 0 Å². The molecule has 0 amide bonds. The second-order valence-electron chi connectivity index (χ2n) is 4.23. The zero-order valence-electron chi connectivity index (χ0n) is 9.46. The van der Waals surface area contributed by atoms with Crippen LogP contribution in [0, 0.1) is 5.92 Å². The van der Waals surface area contributed by atoms with E-state index in [9.17, 15) is 0 Å². The Hall–Kier alpha value is -0.720. The Morgan fingerprint density at radius 2 is 1.85 bits per heavy atom. The summed E-state index contributed by atoms with van der Waals surface area (Å²) in [6.07, 6.45) is 5.65. The summed E-state index contributed by atoms with van der Waals surface area (Å²) in [5.41, 5.74) is 3.09. The molecule has 0 radical (unpaired) electrons. The van der Waals surface area contributed by atoms with Gasteiger partial charge in [0.1, 0.15) is 0 Å². The summed E-state index contributed by atoms with van der Waals surface area (Å²) in [4.78, 5) is 2.28. The first-order valence-corrected chi connectivity index (χ1v) is 5.10. The molecule has 0 spiro atoms. The molecule has 1 nitrogen and oxygen atoms in total. The van der Waals surface area contributed by atoms with Crippen LogP contribution in [0.4, 0.5) is 0 Å². The third-order valence-corrected chi connectivity index (χ3v) is 3.43. The van der Waals surface area contributed by atoms with Gasteiger partial charge >= 0.3 is 0 Å². The zero-order valence-corrected chi connectivity index (χ0v) is 9.46. The van der Waals surface area contributed by atoms with Crippen molar-refractivity contribution >= 4 is 0 Å². The van der Waals surface area contributed by atoms with Crippen LogP contribution in [-0.2, 0) is 0 Å². The second-order valence-corrected chi connectivity index (χ2v) is 4.23. The highest BCUT2D eigenvalue weighted by molar-refractivity contribution is 5.20. The first-order valence-electron chi connectivity index (χ1n) is 5.10. The zero-order chi connectivity index (χ0) is 10.0. The lowest BCUT2D eigenvalue weighted by Crippen LogP contribution is -2.27. The summed E-state index contributed by atoms with van der Waals surface area (Å²) in [5, 5.41) is 0. The van der Waals surface area contributed by atoms with Gasteiger partial charge in [0, 0.05) is 13.1 Å². The Labute approximate surface area is 82.1 Å². The van der Waals surface area contributed by atoms with Crippen molar-refractivity contribution in [1.82, 2.24) is 4.90 Å². The van der Waals surface area contributed by atoms with Gasteiger partial charge in [0.15, 0.2) is 0 Å². The molecule has 1 rings (SSSR count). The topological polar surface area (TPSA) is 3.24 Å². The summed E-state index contributed by atoms with van der Waals surface area (Å²) < 4.78 is 0. The molecule has 2 atom stereocenters. The lowest BCUT2D eigenvalue weighted by Gasteiger charge is -2.29. The van der Waals surface area contributed by atoms with E-state index in [0.717, 1.165) is 0 Å². The molecule has 0 saturated heterocycles. The number of hydrogen-bond donors (Lipinski definition) is 0. The van der Waals surface area contributed by atoms with E-state index < -0.39 is 0 Å². The first-order chi connectivity index (χ1) is 6.04. The van der Waals surface area contributed by atoms with Gasteiger partial charge in [-0.3, -0.25) is 0 Å². The van der Waals surface area contributed by atoms with Gasteiger partial charge in [0.05, 0.1) is 0 Å². The molecule has 13 heavy (non-hydrogen) atoms. The Morgan fingerprint density at radius 3 is 2.46 bits per heavy atom. The summed E-state index contributed by atoms with van der Waals surface area (Å²) in [5.74, 6) is 0.701. The van der Waals surface area contributed by atoms with Crippen molar-refractivity contribution in [3.63, 3.8) is 0 Å². The molecule has 0 N–H and O–H groups in total. The summed E-state index contributed by atoms with van der Waals surface area (Å²) in [6, 6.07) is 0.541. The molecule has 0 aromatic rings. The minimum Gasteiger partial charge on any atom is -0.374 e. The van der Waals surface area contributed by atoms with Crippen molar-refractivity contribution < 1.29 is 0 Å². The minimum absolute atomic E-state index is 0.541. The van der Waals surface area contributed by atoms with Crippen LogP contribution < -0.4 is 0 Å². The van der Waals surface area contributed by atoms with Crippen molar-refractivity contribution in [3.05, 3.63) is 23.4 Å². The van der Waals surface area contributed by atoms with Gasteiger partial charge < -0.3 is 4.90 Å². The number of hydrogen-bond acceptors (Lipinski definition) is 1. The number of allylic oxidation sites excluding steroid dienone is 2. The van der Waals surface area contributed by atoms with Gasteiger partial charge in [-0.1, -0.05) is 24.1 Å². The number of likely N-dealkylation sites (N-methyl/N-ethyl adjacent to an activating group) is 1. The molecular weight excluding hydrogens is 158 g/mol. The molecule has 0 aromatic heterocycles. The molecule has 0 aliphatic carbocycles. The van der Waals surface area contributed by atoms with Crippen LogP contribution in [0.5, 0.6) is 0 Å². The maximum Gasteiger partial charge on any atom is 0.0465 e. The fourth-order valence-electron chi connectivity index (χ4n) is 1.76. The van der Waals surface area contributed by atoms with Gasteiger partial charge in [-0.15, -0.1) is 0 Å². The number of nitrogens with zero attached hydrogens (tertiary/aromatic N) is 1. The predicted octanol–water partition coefficient (Wildman–Crippen LogP) is 3.20. The van der Waals surface area contributed by atoms with Gasteiger partial charge in [-0.05, 0) is 39.3 Å². The van der Waals surface area contributed by atoms with Crippen molar-refractivity contribution in [2.24, 2.45) is 5.92 Å². The van der Waals surface area contributed by atoms with E-state index in [1.165, 1.54) is 12.0 Å². The summed E-state index contributed by atoms with van der Waals surface area (Å²) >= 11 is 0. The van der Waals surface area contributed by atoms with E-state index in [2.05, 4.69) is 51.9 Å². The van der Waals surface area contributed by atoms with Crippen LogP contribution in [0.15, 0.2) is 23.4 Å². The lowest BCUT2D eigenvalue weighted by atomic mass is 9.90. The normalized spacial score (nSPS) is 30.4. The summed E-state index contributed by atoms with van der Waals surface area (Å²) in [6.45, 7) is 9.10. The molecular formula is C12H21N. The average Bonchev–Trinajstić information content (AvgIpc) is 2.12. The third kappa shape index (κ3) is 2.15. The fourth-order valence-corrected chi connectivity index (χ4v) is 1.76. The first kappa shape index (κ1) is 10.4. The van der Waals surface area contributed by atoms with E-state index in [-0.39, 0.29) is 0 Å². The van der Waals surface area contributed by atoms with E-state index >= 15 is 0 Å². The Bertz CT molecular complexity index is 238. The smallest absolute Gasteiger partial charge is 0.0465 e. The Kier molecular flexibility index (Phi) is 3.18. The molecule has 1 aliphatic heterocycles. The Morgan fingerprint density at radius 1 is 1.23 bits per heavy atom. The molecule has 2 unspecified atom stereocenters. The maximum absolute atomic E-state index is 2.31. The molecule has 1 aliphatic rings. The standard InChI is InChI=1S/C12H21N/c1-9-7-6-8-13(5)12(4)11(3)10(9)2/h6,8-9,12H,7H2,1-5H3. The predicted molar refractivity (Wildman–Crippen MR) is 58.5 cm³/mol. The minimum atomic E-state index is 0.541. The summed E-state index contributed by atoms with van der Waals surface area (Å²) in [7, 11) is 2.15. The van der Waals surface area contributed by atoms with Crippen molar-refractivity contribution in [1.29, 1.82) is 0 Å². The highest BCUT2D eigenvalue weighted by atomic mass is 15.1. The van der Waals surface area contributed by atoms with Crippen LogP contribution in [0.2, 0.25) is 0 Å². The highest BCUT2D eigenvalue weighted by Gasteiger charge is 2.15. The quantitative estimate of drug-likeness (QED) is 0.516. The fraction of sp³-hybridized carbons (Fsp3) is 0.667. The molecule has 1 heterocycles. The second kappa shape index (κ2) is 3.99.